The summed E-state index contributed by atoms with van der Waals surface area (Å²) in [6, 6.07) is 6.17. The van der Waals surface area contributed by atoms with Crippen LogP contribution in [0.15, 0.2) is 35.2 Å². The highest BCUT2D eigenvalue weighted by Gasteiger charge is 2.24. The van der Waals surface area contributed by atoms with Gasteiger partial charge in [0.25, 0.3) is 0 Å². The molecular weight excluding hydrogens is 454 g/mol. The molecule has 11 heteroatoms. The Labute approximate surface area is 193 Å². The van der Waals surface area contributed by atoms with Gasteiger partial charge in [-0.25, -0.2) is 17.9 Å². The van der Waals surface area contributed by atoms with Crippen LogP contribution >= 0.6 is 0 Å². The van der Waals surface area contributed by atoms with Gasteiger partial charge < -0.3 is 28.4 Å². The van der Waals surface area contributed by atoms with Gasteiger partial charge in [0.1, 0.15) is 4.90 Å². The van der Waals surface area contributed by atoms with Crippen LogP contribution in [0.1, 0.15) is 11.1 Å². The smallest absolute Gasteiger partial charge is 0.330 e. The summed E-state index contributed by atoms with van der Waals surface area (Å²) >= 11 is 0. The monoisotopic (exact) mass is 481 g/mol. The van der Waals surface area contributed by atoms with E-state index in [4.69, 9.17) is 23.7 Å². The average molecular weight is 482 g/mol. The number of ether oxygens (including phenoxy) is 6. The van der Waals surface area contributed by atoms with Crippen molar-refractivity contribution in [3.63, 3.8) is 0 Å². The average Bonchev–Trinajstić information content (AvgIpc) is 2.84. The lowest BCUT2D eigenvalue weighted by atomic mass is 10.2. The van der Waals surface area contributed by atoms with E-state index in [2.05, 4.69) is 9.46 Å². The highest BCUT2D eigenvalue weighted by molar-refractivity contribution is 7.89. The number of sulfonamides is 1. The predicted octanol–water partition coefficient (Wildman–Crippen LogP) is 2.39. The Kier molecular flexibility index (Phi) is 8.94. The first-order valence-electron chi connectivity index (χ1n) is 9.55. The Morgan fingerprint density at radius 2 is 1.36 bits per heavy atom. The van der Waals surface area contributed by atoms with Gasteiger partial charge in [-0.2, -0.15) is 0 Å². The zero-order valence-electron chi connectivity index (χ0n) is 19.3. The third-order valence-corrected chi connectivity index (χ3v) is 5.97. The number of carbonyl (C=O) groups is 1. The fourth-order valence-corrected chi connectivity index (χ4v) is 4.20. The van der Waals surface area contributed by atoms with E-state index in [1.54, 1.807) is 12.1 Å². The van der Waals surface area contributed by atoms with Gasteiger partial charge in [0.05, 0.1) is 42.7 Å². The molecule has 0 spiro atoms. The normalized spacial score (nSPS) is 11.2. The van der Waals surface area contributed by atoms with Gasteiger partial charge in [-0.05, 0) is 41.5 Å². The molecule has 0 saturated carbocycles. The van der Waals surface area contributed by atoms with Crippen molar-refractivity contribution in [2.24, 2.45) is 0 Å². The quantitative estimate of drug-likeness (QED) is 0.381. The number of esters is 1. The standard InChI is InChI=1S/C22H27NO9S/c1-27-16-10-15(11-17(28-2)21(16)31-5)13-23-33(25,26)19-12-14(7-8-20(24)30-4)9-18(29-3)22(19)32-6/h7-12,23H,13H2,1-6H3/b8-7+. The molecule has 2 aromatic carbocycles. The molecule has 0 atom stereocenters. The molecule has 2 rings (SSSR count). The van der Waals surface area contributed by atoms with Crippen molar-refractivity contribution >= 4 is 22.1 Å². The predicted molar refractivity (Wildman–Crippen MR) is 121 cm³/mol. The van der Waals surface area contributed by atoms with Crippen LogP contribution in [0.3, 0.4) is 0 Å². The number of hydrogen-bond acceptors (Lipinski definition) is 9. The SMILES string of the molecule is COC(=O)/C=C/c1cc(OC)c(OC)c(S(=O)(=O)NCc2cc(OC)c(OC)c(OC)c2)c1. The molecule has 0 aromatic heterocycles. The molecule has 0 fully saturated rings. The first-order valence-corrected chi connectivity index (χ1v) is 11.0. The lowest BCUT2D eigenvalue weighted by molar-refractivity contribution is -0.134. The first-order chi connectivity index (χ1) is 15.7. The lowest BCUT2D eigenvalue weighted by Gasteiger charge is -2.16. The second kappa shape index (κ2) is 11.4. The summed E-state index contributed by atoms with van der Waals surface area (Å²) in [4.78, 5) is 11.3. The van der Waals surface area contributed by atoms with Crippen LogP contribution in [0.25, 0.3) is 6.08 Å². The van der Waals surface area contributed by atoms with Gasteiger partial charge in [0.15, 0.2) is 23.0 Å². The van der Waals surface area contributed by atoms with Gasteiger partial charge in [0, 0.05) is 12.6 Å². The molecule has 0 unspecified atom stereocenters. The molecule has 0 aliphatic heterocycles. The molecule has 1 N–H and O–H groups in total. The van der Waals surface area contributed by atoms with Gasteiger partial charge in [-0.1, -0.05) is 0 Å². The number of rotatable bonds is 11. The van der Waals surface area contributed by atoms with Crippen LogP contribution in [0.2, 0.25) is 0 Å². The van der Waals surface area contributed by atoms with Gasteiger partial charge >= 0.3 is 5.97 Å². The molecule has 33 heavy (non-hydrogen) atoms. The van der Waals surface area contributed by atoms with E-state index < -0.39 is 16.0 Å². The number of nitrogens with one attached hydrogen (secondary N) is 1. The molecule has 180 valence electrons. The highest BCUT2D eigenvalue weighted by Crippen LogP contribution is 2.39. The molecular formula is C22H27NO9S. The Hall–Kier alpha value is -3.44. The van der Waals surface area contributed by atoms with E-state index >= 15 is 0 Å². The van der Waals surface area contributed by atoms with Crippen LogP contribution in [0, 0.1) is 0 Å². The maximum atomic E-state index is 13.2. The van der Waals surface area contributed by atoms with Crippen LogP contribution < -0.4 is 28.4 Å². The Morgan fingerprint density at radius 3 is 1.85 bits per heavy atom. The van der Waals surface area contributed by atoms with Crippen molar-refractivity contribution in [1.29, 1.82) is 0 Å². The molecule has 10 nitrogen and oxygen atoms in total. The van der Waals surface area contributed by atoms with E-state index in [9.17, 15) is 13.2 Å². The summed E-state index contributed by atoms with van der Waals surface area (Å²) in [7, 11) is 4.29. The minimum atomic E-state index is -4.07. The van der Waals surface area contributed by atoms with Crippen molar-refractivity contribution in [3.05, 3.63) is 41.5 Å². The van der Waals surface area contributed by atoms with Crippen molar-refractivity contribution in [1.82, 2.24) is 4.72 Å². The molecule has 0 heterocycles. The Morgan fingerprint density at radius 1 is 0.818 bits per heavy atom. The summed E-state index contributed by atoms with van der Waals surface area (Å²) in [5, 5.41) is 0. The number of methoxy groups -OCH3 is 6. The fraction of sp³-hybridized carbons (Fsp3) is 0.318. The van der Waals surface area contributed by atoms with Crippen LogP contribution in [-0.2, 0) is 26.1 Å². The first kappa shape index (κ1) is 25.8. The van der Waals surface area contributed by atoms with Crippen LogP contribution in [-0.4, -0.2) is 57.0 Å². The second-order valence-electron chi connectivity index (χ2n) is 6.47. The largest absolute Gasteiger partial charge is 0.493 e. The lowest BCUT2D eigenvalue weighted by Crippen LogP contribution is -2.24. The van der Waals surface area contributed by atoms with E-state index in [1.807, 2.05) is 0 Å². The molecule has 0 aliphatic rings. The molecule has 0 bridgehead atoms. The van der Waals surface area contributed by atoms with Crippen LogP contribution in [0.5, 0.6) is 28.7 Å². The molecule has 0 radical (unpaired) electrons. The summed E-state index contributed by atoms with van der Waals surface area (Å²) in [6.45, 7) is -0.0766. The molecule has 0 saturated heterocycles. The minimum Gasteiger partial charge on any atom is -0.493 e. The zero-order valence-corrected chi connectivity index (χ0v) is 20.1. The third-order valence-electron chi connectivity index (χ3n) is 4.56. The highest BCUT2D eigenvalue weighted by atomic mass is 32.2. The number of hydrogen-bond donors (Lipinski definition) is 1. The zero-order chi connectivity index (χ0) is 24.6. The van der Waals surface area contributed by atoms with Crippen molar-refractivity contribution in [2.75, 3.05) is 42.7 Å². The Bertz CT molecular complexity index is 1100. The van der Waals surface area contributed by atoms with Crippen molar-refractivity contribution in [2.45, 2.75) is 11.4 Å². The molecule has 0 aliphatic carbocycles. The number of benzene rings is 2. The third kappa shape index (κ3) is 6.08. The number of carbonyl (C=O) groups excluding carboxylic acids is 1. The maximum Gasteiger partial charge on any atom is 0.330 e. The van der Waals surface area contributed by atoms with Crippen molar-refractivity contribution in [3.8, 4) is 28.7 Å². The summed E-state index contributed by atoms with van der Waals surface area (Å²) in [5.74, 6) is 0.779. The summed E-state index contributed by atoms with van der Waals surface area (Å²) in [6.07, 6.45) is 2.58. The van der Waals surface area contributed by atoms with Gasteiger partial charge in [-0.15, -0.1) is 0 Å². The van der Waals surface area contributed by atoms with E-state index in [1.165, 1.54) is 66.9 Å². The maximum absolute atomic E-state index is 13.2. The second-order valence-corrected chi connectivity index (χ2v) is 8.20. The Balaban J connectivity index is 2.45. The molecule has 0 amide bonds. The van der Waals surface area contributed by atoms with E-state index in [-0.39, 0.29) is 22.9 Å². The van der Waals surface area contributed by atoms with Gasteiger partial charge in [-0.3, -0.25) is 0 Å². The molecule has 2 aromatic rings. The topological polar surface area (TPSA) is 119 Å². The van der Waals surface area contributed by atoms with Gasteiger partial charge in [0.2, 0.25) is 15.8 Å². The summed E-state index contributed by atoms with van der Waals surface area (Å²) in [5.41, 5.74) is 0.965. The fourth-order valence-electron chi connectivity index (χ4n) is 2.97. The van der Waals surface area contributed by atoms with E-state index in [0.29, 0.717) is 28.4 Å². The van der Waals surface area contributed by atoms with E-state index in [0.717, 1.165) is 0 Å². The summed E-state index contributed by atoms with van der Waals surface area (Å²) < 4.78 is 59.9. The minimum absolute atomic E-state index is 0.0186. The van der Waals surface area contributed by atoms with Crippen molar-refractivity contribution < 1.29 is 41.6 Å². The van der Waals surface area contributed by atoms with Crippen LogP contribution in [0.4, 0.5) is 0 Å².